The molecule has 1 aromatic carbocycles. The highest BCUT2D eigenvalue weighted by Gasteiger charge is 2.33. The second kappa shape index (κ2) is 9.37. The number of nitrogens with zero attached hydrogens (tertiary/aromatic N) is 1. The van der Waals surface area contributed by atoms with Gasteiger partial charge in [0, 0.05) is 24.6 Å². The first kappa shape index (κ1) is 23.2. The van der Waals surface area contributed by atoms with Crippen LogP contribution < -0.4 is 4.74 Å². The number of fused-ring (bicyclic) bond motifs is 1. The smallest absolute Gasteiger partial charge is 0.258 e. The van der Waals surface area contributed by atoms with Crippen LogP contribution in [-0.4, -0.2) is 61.6 Å². The maximum atomic E-state index is 13.4. The summed E-state index contributed by atoms with van der Waals surface area (Å²) in [7, 11) is -3.44. The summed E-state index contributed by atoms with van der Waals surface area (Å²) >= 11 is 8.30. The molecule has 0 radical (unpaired) electrons. The number of carbonyl (C=O) groups is 1. The number of amides is 1. The molecule has 0 spiro atoms. The van der Waals surface area contributed by atoms with E-state index >= 15 is 0 Å². The lowest BCUT2D eigenvalue weighted by atomic mass is 10.0. The van der Waals surface area contributed by atoms with Crippen LogP contribution in [0.3, 0.4) is 0 Å². The quantitative estimate of drug-likeness (QED) is 0.560. The third-order valence-corrected chi connectivity index (χ3v) is 7.81. The lowest BCUT2D eigenvalue weighted by molar-refractivity contribution is 0.0795. The van der Waals surface area contributed by atoms with Crippen LogP contribution in [0.2, 0.25) is 0 Å². The average molecular weight is 470 g/mol. The van der Waals surface area contributed by atoms with Crippen molar-refractivity contribution in [2.45, 2.75) is 36.3 Å². The molecule has 1 saturated heterocycles. The molecule has 1 heterocycles. The van der Waals surface area contributed by atoms with Gasteiger partial charge in [0.1, 0.15) is 5.75 Å². The number of carbonyl (C=O) groups excluding carboxylic acids is 1. The fourth-order valence-electron chi connectivity index (χ4n) is 3.50. The molecule has 0 aromatic heterocycles. The van der Waals surface area contributed by atoms with Gasteiger partial charge in [-0.3, -0.25) is 4.79 Å². The normalized spacial score (nSPS) is 21.3. The van der Waals surface area contributed by atoms with Gasteiger partial charge in [-0.2, -0.15) is 11.8 Å². The summed E-state index contributed by atoms with van der Waals surface area (Å²) in [4.78, 5) is 15.2. The number of rotatable bonds is 7. The molecular formula is C22H28ClNO4S2. The zero-order valence-corrected chi connectivity index (χ0v) is 20.1. The lowest BCUT2D eigenvalue weighted by Crippen LogP contribution is -2.28. The minimum Gasteiger partial charge on any atom is -0.492 e. The highest BCUT2D eigenvalue weighted by Crippen LogP contribution is 2.35. The van der Waals surface area contributed by atoms with E-state index in [0.29, 0.717) is 25.4 Å². The van der Waals surface area contributed by atoms with Gasteiger partial charge in [0.25, 0.3) is 5.91 Å². The van der Waals surface area contributed by atoms with Gasteiger partial charge in [0.05, 0.1) is 22.4 Å². The maximum absolute atomic E-state index is 13.4. The molecule has 1 aromatic rings. The van der Waals surface area contributed by atoms with Crippen molar-refractivity contribution in [1.29, 1.82) is 0 Å². The number of hydrogen-bond donors (Lipinski definition) is 0. The Hall–Kier alpha value is -1.44. The van der Waals surface area contributed by atoms with E-state index in [1.54, 1.807) is 22.7 Å². The molecule has 2 atom stereocenters. The zero-order valence-electron chi connectivity index (χ0n) is 17.7. The fourth-order valence-corrected chi connectivity index (χ4v) is 5.50. The van der Waals surface area contributed by atoms with Gasteiger partial charge in [-0.1, -0.05) is 32.9 Å². The van der Waals surface area contributed by atoms with Crippen molar-refractivity contribution in [3.05, 3.63) is 47.1 Å². The van der Waals surface area contributed by atoms with E-state index in [1.807, 2.05) is 19.9 Å². The average Bonchev–Trinajstić information content (AvgIpc) is 3.08. The van der Waals surface area contributed by atoms with Crippen molar-refractivity contribution in [3.8, 4) is 5.75 Å². The Labute approximate surface area is 188 Å². The van der Waals surface area contributed by atoms with E-state index in [-0.39, 0.29) is 32.9 Å². The van der Waals surface area contributed by atoms with Crippen molar-refractivity contribution < 1.29 is 17.9 Å². The molecule has 5 nitrogen and oxygen atoms in total. The van der Waals surface area contributed by atoms with Crippen LogP contribution >= 0.6 is 23.4 Å². The largest absolute Gasteiger partial charge is 0.492 e. The van der Waals surface area contributed by atoms with Crippen molar-refractivity contribution in [3.63, 3.8) is 0 Å². The Morgan fingerprint density at radius 3 is 2.53 bits per heavy atom. The second-order valence-corrected chi connectivity index (χ2v) is 12.0. The van der Waals surface area contributed by atoms with Crippen molar-refractivity contribution in [2.24, 2.45) is 5.92 Å². The third kappa shape index (κ3) is 5.24. The summed E-state index contributed by atoms with van der Waals surface area (Å²) in [5.74, 6) is 1.43. The van der Waals surface area contributed by atoms with Gasteiger partial charge in [-0.05, 0) is 41.0 Å². The van der Waals surface area contributed by atoms with Crippen molar-refractivity contribution in [1.82, 2.24) is 4.90 Å². The Balaban J connectivity index is 1.90. The number of thioether (sulfide) groups is 1. The number of sulfone groups is 1. The van der Waals surface area contributed by atoms with Crippen LogP contribution in [0.15, 0.2) is 46.4 Å². The molecule has 1 fully saturated rings. The van der Waals surface area contributed by atoms with E-state index in [0.717, 1.165) is 23.2 Å². The number of likely N-dealkylation sites (tertiary alicyclic amines) is 1. The minimum atomic E-state index is -3.44. The topological polar surface area (TPSA) is 63.7 Å². The Morgan fingerprint density at radius 1 is 1.27 bits per heavy atom. The molecule has 0 bridgehead atoms. The van der Waals surface area contributed by atoms with E-state index < -0.39 is 9.84 Å². The molecular weight excluding hydrogens is 442 g/mol. The summed E-state index contributed by atoms with van der Waals surface area (Å²) < 4.78 is 29.9. The maximum Gasteiger partial charge on any atom is 0.258 e. The van der Waals surface area contributed by atoms with Gasteiger partial charge in [0.2, 0.25) is 0 Å². The molecule has 30 heavy (non-hydrogen) atoms. The number of halogens is 1. The summed E-state index contributed by atoms with van der Waals surface area (Å²) in [5.41, 5.74) is 2.47. The van der Waals surface area contributed by atoms with Gasteiger partial charge >= 0.3 is 0 Å². The number of allylic oxidation sites excluding steroid dienone is 1. The Bertz CT molecular complexity index is 985. The van der Waals surface area contributed by atoms with Crippen LogP contribution in [0.25, 0.3) is 0 Å². The number of ether oxygens (including phenoxy) is 1. The first-order valence-electron chi connectivity index (χ1n) is 10.0. The molecule has 164 valence electrons. The number of benzene rings is 1. The van der Waals surface area contributed by atoms with Crippen molar-refractivity contribution >= 4 is 39.1 Å². The third-order valence-electron chi connectivity index (χ3n) is 5.00. The Kier molecular flexibility index (Phi) is 7.25. The summed E-state index contributed by atoms with van der Waals surface area (Å²) in [6.45, 7) is 7.53. The molecule has 0 saturated carbocycles. The first-order valence-corrected chi connectivity index (χ1v) is 13.4. The monoisotopic (exact) mass is 469 g/mol. The standard InChI is InChI=1S/C22H28ClNO4S2/c1-5-29-21-9-16-12-24(11-15(16)8-19(21)23)22(25)18-10-17(30(4,26)27)6-7-20(18)28-13-14(2)3/h6-10,14,19,21H,5,11-13H2,1-4H3. The van der Waals surface area contributed by atoms with Gasteiger partial charge in [-0.15, -0.1) is 11.6 Å². The van der Waals surface area contributed by atoms with Crippen LogP contribution in [0.1, 0.15) is 31.1 Å². The molecule has 8 heteroatoms. The van der Waals surface area contributed by atoms with Gasteiger partial charge in [-0.25, -0.2) is 8.42 Å². The molecule has 2 unspecified atom stereocenters. The number of alkyl halides is 1. The van der Waals surface area contributed by atoms with Gasteiger partial charge in [0.15, 0.2) is 9.84 Å². The van der Waals surface area contributed by atoms with Crippen LogP contribution in [0.5, 0.6) is 5.75 Å². The summed E-state index contributed by atoms with van der Waals surface area (Å²) in [6.07, 6.45) is 5.34. The predicted octanol–water partition coefficient (Wildman–Crippen LogP) is 4.18. The molecule has 1 aliphatic heterocycles. The van der Waals surface area contributed by atoms with E-state index in [2.05, 4.69) is 13.0 Å². The minimum absolute atomic E-state index is 0.0951. The SMILES string of the molecule is CCSC1C=C2CN(C(=O)c3cc(S(C)(=O)=O)ccc3OCC(C)C)CC2=CC1Cl. The molecule has 0 N–H and O–H groups in total. The van der Waals surface area contributed by atoms with E-state index in [4.69, 9.17) is 16.3 Å². The molecule has 2 aliphatic rings. The second-order valence-electron chi connectivity index (χ2n) is 8.04. The zero-order chi connectivity index (χ0) is 22.1. The fraction of sp³-hybridized carbons (Fsp3) is 0.500. The highest BCUT2D eigenvalue weighted by molar-refractivity contribution is 8.00. The van der Waals surface area contributed by atoms with Crippen molar-refractivity contribution in [2.75, 3.05) is 31.7 Å². The van der Waals surface area contributed by atoms with Gasteiger partial charge < -0.3 is 9.64 Å². The summed E-state index contributed by atoms with van der Waals surface area (Å²) in [5, 5.41) is 0.103. The highest BCUT2D eigenvalue weighted by atomic mass is 35.5. The number of hydrogen-bond acceptors (Lipinski definition) is 5. The summed E-state index contributed by atoms with van der Waals surface area (Å²) in [6, 6.07) is 4.50. The Morgan fingerprint density at radius 2 is 1.93 bits per heavy atom. The lowest BCUT2D eigenvalue weighted by Gasteiger charge is -2.21. The van der Waals surface area contributed by atoms with E-state index in [9.17, 15) is 13.2 Å². The van der Waals surface area contributed by atoms with Crippen LogP contribution in [-0.2, 0) is 9.84 Å². The molecule has 1 amide bonds. The van der Waals surface area contributed by atoms with E-state index in [1.165, 1.54) is 12.1 Å². The van der Waals surface area contributed by atoms with Crippen LogP contribution in [0.4, 0.5) is 0 Å². The predicted molar refractivity (Wildman–Crippen MR) is 124 cm³/mol. The molecule has 1 aliphatic carbocycles. The first-order chi connectivity index (χ1) is 14.1. The molecule has 3 rings (SSSR count). The van der Waals surface area contributed by atoms with Crippen LogP contribution in [0, 0.1) is 5.92 Å².